The zero-order valence-electron chi connectivity index (χ0n) is 8.88. The molecule has 0 aromatic carbocycles. The predicted octanol–water partition coefficient (Wildman–Crippen LogP) is 2.85. The molecule has 0 saturated carbocycles. The Hall–Kier alpha value is 0.400. The maximum absolute atomic E-state index is 5.36. The van der Waals surface area contributed by atoms with Crippen molar-refractivity contribution >= 4 is 15.9 Å². The molecule has 1 unspecified atom stereocenters. The Morgan fingerprint density at radius 1 is 1.15 bits per heavy atom. The van der Waals surface area contributed by atoms with Crippen LogP contribution in [0, 0.1) is 5.92 Å². The highest BCUT2D eigenvalue weighted by Crippen LogP contribution is 2.17. The lowest BCUT2D eigenvalue weighted by molar-refractivity contribution is 0.0685. The smallest absolute Gasteiger partial charge is 0.0700 e. The number of hydrogen-bond donors (Lipinski definition) is 0. The quantitative estimate of drug-likeness (QED) is 0.489. The number of hydrogen-bond acceptors (Lipinski definition) is 2. The number of alkyl halides is 1. The second-order valence-corrected chi connectivity index (χ2v) is 4.68. The molecular formula is C10H21BrO2. The summed E-state index contributed by atoms with van der Waals surface area (Å²) in [5.74, 6) is 0.707. The van der Waals surface area contributed by atoms with Crippen LogP contribution >= 0.6 is 15.9 Å². The molecule has 0 heterocycles. The highest BCUT2D eigenvalue weighted by atomic mass is 79.9. The summed E-state index contributed by atoms with van der Waals surface area (Å²) in [5, 5.41) is 0. The van der Waals surface area contributed by atoms with Gasteiger partial charge in [-0.3, -0.25) is 0 Å². The average Bonchev–Trinajstić information content (AvgIpc) is 2.10. The minimum atomic E-state index is 0.624. The molecule has 0 bridgehead atoms. The molecule has 0 aromatic rings. The van der Waals surface area contributed by atoms with Crippen LogP contribution in [0.1, 0.15) is 26.7 Å². The van der Waals surface area contributed by atoms with Crippen LogP contribution in [0.15, 0.2) is 0 Å². The van der Waals surface area contributed by atoms with Gasteiger partial charge >= 0.3 is 0 Å². The fourth-order valence-electron chi connectivity index (χ4n) is 0.958. The monoisotopic (exact) mass is 252 g/mol. The molecule has 0 amide bonds. The van der Waals surface area contributed by atoms with E-state index in [-0.39, 0.29) is 0 Å². The fraction of sp³-hybridized carbons (Fsp3) is 1.00. The molecular weight excluding hydrogens is 232 g/mol. The SMILES string of the molecule is COCCOCCCC(Br)C(C)C. The van der Waals surface area contributed by atoms with Gasteiger partial charge in [0.15, 0.2) is 0 Å². The second kappa shape index (κ2) is 8.97. The molecule has 3 heteroatoms. The first-order valence-corrected chi connectivity index (χ1v) is 5.80. The van der Waals surface area contributed by atoms with E-state index in [1.165, 1.54) is 6.42 Å². The van der Waals surface area contributed by atoms with Gasteiger partial charge in [0.05, 0.1) is 13.2 Å². The predicted molar refractivity (Wildman–Crippen MR) is 59.5 cm³/mol. The summed E-state index contributed by atoms with van der Waals surface area (Å²) >= 11 is 3.64. The molecule has 0 aliphatic carbocycles. The lowest BCUT2D eigenvalue weighted by atomic mass is 10.1. The summed E-state index contributed by atoms with van der Waals surface area (Å²) in [4.78, 5) is 0.624. The lowest BCUT2D eigenvalue weighted by Crippen LogP contribution is -2.09. The van der Waals surface area contributed by atoms with Gasteiger partial charge in [-0.25, -0.2) is 0 Å². The van der Waals surface area contributed by atoms with E-state index in [9.17, 15) is 0 Å². The fourth-order valence-corrected chi connectivity index (χ4v) is 1.28. The van der Waals surface area contributed by atoms with Gasteiger partial charge in [-0.2, -0.15) is 0 Å². The first kappa shape index (κ1) is 13.4. The van der Waals surface area contributed by atoms with Crippen LogP contribution in [0.25, 0.3) is 0 Å². The third-order valence-electron chi connectivity index (χ3n) is 1.92. The van der Waals surface area contributed by atoms with Crippen LogP contribution in [-0.2, 0) is 9.47 Å². The summed E-state index contributed by atoms with van der Waals surface area (Å²) in [6, 6.07) is 0. The van der Waals surface area contributed by atoms with Crippen molar-refractivity contribution in [3.05, 3.63) is 0 Å². The van der Waals surface area contributed by atoms with Gasteiger partial charge < -0.3 is 9.47 Å². The Kier molecular flexibility index (Phi) is 9.25. The summed E-state index contributed by atoms with van der Waals surface area (Å²) in [6.07, 6.45) is 2.31. The van der Waals surface area contributed by atoms with Crippen LogP contribution in [0.4, 0.5) is 0 Å². The summed E-state index contributed by atoms with van der Waals surface area (Å²) in [7, 11) is 1.69. The number of halogens is 1. The van der Waals surface area contributed by atoms with E-state index in [4.69, 9.17) is 9.47 Å². The molecule has 13 heavy (non-hydrogen) atoms. The highest BCUT2D eigenvalue weighted by Gasteiger charge is 2.07. The number of ether oxygens (including phenoxy) is 2. The molecule has 80 valence electrons. The highest BCUT2D eigenvalue weighted by molar-refractivity contribution is 9.09. The van der Waals surface area contributed by atoms with Crippen LogP contribution in [0.3, 0.4) is 0 Å². The second-order valence-electron chi connectivity index (χ2n) is 3.51. The van der Waals surface area contributed by atoms with E-state index >= 15 is 0 Å². The van der Waals surface area contributed by atoms with E-state index in [1.54, 1.807) is 7.11 Å². The Labute approximate surface area is 90.1 Å². The molecule has 1 atom stereocenters. The zero-order chi connectivity index (χ0) is 10.1. The summed E-state index contributed by atoms with van der Waals surface area (Å²) in [5.41, 5.74) is 0. The molecule has 0 radical (unpaired) electrons. The van der Waals surface area contributed by atoms with Gasteiger partial charge in [0.25, 0.3) is 0 Å². The molecule has 0 N–H and O–H groups in total. The van der Waals surface area contributed by atoms with Gasteiger partial charge in [-0.15, -0.1) is 0 Å². The van der Waals surface area contributed by atoms with Gasteiger partial charge in [-0.1, -0.05) is 29.8 Å². The van der Waals surface area contributed by atoms with Gasteiger partial charge in [0, 0.05) is 18.5 Å². The Bertz CT molecular complexity index is 107. The van der Waals surface area contributed by atoms with Crippen molar-refractivity contribution < 1.29 is 9.47 Å². The molecule has 0 rings (SSSR count). The van der Waals surface area contributed by atoms with Crippen molar-refractivity contribution in [3.63, 3.8) is 0 Å². The van der Waals surface area contributed by atoms with Crippen LogP contribution in [0.5, 0.6) is 0 Å². The van der Waals surface area contributed by atoms with Crippen LogP contribution in [0.2, 0.25) is 0 Å². The molecule has 2 nitrogen and oxygen atoms in total. The van der Waals surface area contributed by atoms with Crippen LogP contribution < -0.4 is 0 Å². The van der Waals surface area contributed by atoms with Crippen molar-refractivity contribution in [2.75, 3.05) is 26.9 Å². The molecule has 0 saturated heterocycles. The minimum absolute atomic E-state index is 0.624. The topological polar surface area (TPSA) is 18.5 Å². The van der Waals surface area contributed by atoms with E-state index in [0.717, 1.165) is 13.0 Å². The summed E-state index contributed by atoms with van der Waals surface area (Å²) < 4.78 is 10.2. The van der Waals surface area contributed by atoms with E-state index in [0.29, 0.717) is 24.0 Å². The molecule has 0 fully saturated rings. The van der Waals surface area contributed by atoms with Crippen molar-refractivity contribution in [1.29, 1.82) is 0 Å². The largest absolute Gasteiger partial charge is 0.382 e. The first-order chi connectivity index (χ1) is 6.18. The van der Waals surface area contributed by atoms with E-state index in [1.807, 2.05) is 0 Å². The van der Waals surface area contributed by atoms with Crippen LogP contribution in [-0.4, -0.2) is 31.8 Å². The number of rotatable bonds is 8. The molecule has 0 aliphatic rings. The van der Waals surface area contributed by atoms with Crippen molar-refractivity contribution in [1.82, 2.24) is 0 Å². The molecule has 0 spiro atoms. The van der Waals surface area contributed by atoms with Crippen molar-refractivity contribution in [3.8, 4) is 0 Å². The number of methoxy groups -OCH3 is 1. The Morgan fingerprint density at radius 2 is 1.85 bits per heavy atom. The van der Waals surface area contributed by atoms with E-state index in [2.05, 4.69) is 29.8 Å². The first-order valence-electron chi connectivity index (χ1n) is 4.89. The third kappa shape index (κ3) is 8.72. The Balaban J connectivity index is 3.07. The van der Waals surface area contributed by atoms with Crippen molar-refractivity contribution in [2.45, 2.75) is 31.5 Å². The molecule has 0 aromatic heterocycles. The lowest BCUT2D eigenvalue weighted by Gasteiger charge is -2.12. The maximum atomic E-state index is 5.36. The maximum Gasteiger partial charge on any atom is 0.0700 e. The standard InChI is InChI=1S/C10H21BrO2/c1-9(2)10(11)5-4-6-13-8-7-12-3/h9-10H,4-8H2,1-3H3. The normalized spacial score (nSPS) is 13.6. The van der Waals surface area contributed by atoms with Gasteiger partial charge in [0.2, 0.25) is 0 Å². The zero-order valence-corrected chi connectivity index (χ0v) is 10.5. The minimum Gasteiger partial charge on any atom is -0.382 e. The van der Waals surface area contributed by atoms with Gasteiger partial charge in [0.1, 0.15) is 0 Å². The average molecular weight is 253 g/mol. The third-order valence-corrected chi connectivity index (χ3v) is 3.44. The van der Waals surface area contributed by atoms with Gasteiger partial charge in [-0.05, 0) is 18.8 Å². The summed E-state index contributed by atoms with van der Waals surface area (Å²) in [6.45, 7) is 6.71. The van der Waals surface area contributed by atoms with Crippen molar-refractivity contribution in [2.24, 2.45) is 5.92 Å². The molecule has 0 aliphatic heterocycles. The van der Waals surface area contributed by atoms with E-state index < -0.39 is 0 Å². The Morgan fingerprint density at radius 3 is 2.38 bits per heavy atom.